The maximum absolute atomic E-state index is 13.9. The molecule has 1 aromatic heterocycles. The SMILES string of the molecule is COc1ccc(CN2CC(=O)N3C(Cc4c([nH]c5ccccc45)C3c3ccc(C(C)C)cc3)C2=O)cc1. The number of H-pyrrole nitrogens is 1. The summed E-state index contributed by atoms with van der Waals surface area (Å²) in [6.07, 6.45) is 0.504. The zero-order chi connectivity index (χ0) is 25.7. The Morgan fingerprint density at radius 1 is 0.973 bits per heavy atom. The number of nitrogens with one attached hydrogen (secondary N) is 1. The molecule has 2 atom stereocenters. The Balaban J connectivity index is 1.41. The lowest BCUT2D eigenvalue weighted by Crippen LogP contribution is -2.62. The summed E-state index contributed by atoms with van der Waals surface area (Å²) in [5.74, 6) is 1.15. The minimum atomic E-state index is -0.541. The first kappa shape index (κ1) is 23.3. The summed E-state index contributed by atoms with van der Waals surface area (Å²) in [7, 11) is 1.63. The molecule has 0 saturated carbocycles. The molecular weight excluding hydrogens is 462 g/mol. The zero-order valence-electron chi connectivity index (χ0n) is 21.4. The van der Waals surface area contributed by atoms with Gasteiger partial charge in [-0.1, -0.05) is 68.4 Å². The highest BCUT2D eigenvalue weighted by molar-refractivity contribution is 5.97. The number of ether oxygens (including phenoxy) is 1. The summed E-state index contributed by atoms with van der Waals surface area (Å²) in [4.78, 5) is 34.8. The van der Waals surface area contributed by atoms with E-state index in [1.807, 2.05) is 41.3 Å². The van der Waals surface area contributed by atoms with Crippen molar-refractivity contribution in [3.8, 4) is 5.75 Å². The Morgan fingerprint density at radius 3 is 2.41 bits per heavy atom. The number of hydrogen-bond acceptors (Lipinski definition) is 3. The molecular formula is C31H31N3O3. The maximum Gasteiger partial charge on any atom is 0.246 e. The molecule has 4 aromatic rings. The Bertz CT molecular complexity index is 1470. The number of piperazine rings is 1. The number of aromatic nitrogens is 1. The van der Waals surface area contributed by atoms with Crippen molar-refractivity contribution in [3.05, 3.63) is 101 Å². The summed E-state index contributed by atoms with van der Waals surface area (Å²) in [5.41, 5.74) is 6.42. The van der Waals surface area contributed by atoms with Gasteiger partial charge in [0.05, 0.1) is 13.2 Å². The van der Waals surface area contributed by atoms with Crippen LogP contribution in [0.1, 0.15) is 53.8 Å². The molecule has 2 amide bonds. The predicted octanol–water partition coefficient (Wildman–Crippen LogP) is 5.19. The fourth-order valence-corrected chi connectivity index (χ4v) is 5.82. The summed E-state index contributed by atoms with van der Waals surface area (Å²) < 4.78 is 5.26. The quantitative estimate of drug-likeness (QED) is 0.416. The Hall–Kier alpha value is -4.06. The average molecular weight is 494 g/mol. The first-order chi connectivity index (χ1) is 17.9. The smallest absolute Gasteiger partial charge is 0.246 e. The molecule has 6 rings (SSSR count). The van der Waals surface area contributed by atoms with Crippen molar-refractivity contribution in [2.45, 2.75) is 44.8 Å². The van der Waals surface area contributed by atoms with Crippen LogP contribution in [-0.2, 0) is 22.6 Å². The number of methoxy groups -OCH3 is 1. The van der Waals surface area contributed by atoms with Crippen LogP contribution in [0.2, 0.25) is 0 Å². The van der Waals surface area contributed by atoms with Crippen LogP contribution in [-0.4, -0.2) is 46.3 Å². The Labute approximate surface area is 216 Å². The molecule has 2 unspecified atom stereocenters. The van der Waals surface area contributed by atoms with E-state index in [0.29, 0.717) is 18.9 Å². The van der Waals surface area contributed by atoms with Gasteiger partial charge < -0.3 is 19.5 Å². The number of carbonyl (C=O) groups excluding carboxylic acids is 2. The number of rotatable bonds is 5. The molecule has 1 saturated heterocycles. The average Bonchev–Trinajstić information content (AvgIpc) is 3.29. The molecule has 3 aromatic carbocycles. The van der Waals surface area contributed by atoms with Gasteiger partial charge in [0.25, 0.3) is 0 Å². The highest BCUT2D eigenvalue weighted by Gasteiger charge is 2.48. The van der Waals surface area contributed by atoms with Gasteiger partial charge in [-0.15, -0.1) is 0 Å². The van der Waals surface area contributed by atoms with E-state index in [-0.39, 0.29) is 24.4 Å². The number of hydrogen-bond donors (Lipinski definition) is 1. The van der Waals surface area contributed by atoms with Crippen LogP contribution >= 0.6 is 0 Å². The van der Waals surface area contributed by atoms with E-state index in [2.05, 4.69) is 55.2 Å². The molecule has 0 bridgehead atoms. The molecule has 6 nitrogen and oxygen atoms in total. The Kier molecular flexibility index (Phi) is 5.75. The maximum atomic E-state index is 13.9. The van der Waals surface area contributed by atoms with Crippen LogP contribution in [0.15, 0.2) is 72.8 Å². The molecule has 37 heavy (non-hydrogen) atoms. The number of fused-ring (bicyclic) bond motifs is 4. The second-order valence-corrected chi connectivity index (χ2v) is 10.4. The van der Waals surface area contributed by atoms with Crippen LogP contribution in [0, 0.1) is 0 Å². The van der Waals surface area contributed by atoms with Crippen molar-refractivity contribution in [2.75, 3.05) is 13.7 Å². The first-order valence-corrected chi connectivity index (χ1v) is 12.9. The van der Waals surface area contributed by atoms with Gasteiger partial charge in [0.1, 0.15) is 18.3 Å². The number of amides is 2. The topological polar surface area (TPSA) is 65.6 Å². The number of para-hydroxylation sites is 1. The third-order valence-electron chi connectivity index (χ3n) is 7.79. The minimum absolute atomic E-state index is 0.00449. The predicted molar refractivity (Wildman–Crippen MR) is 143 cm³/mol. The van der Waals surface area contributed by atoms with E-state index in [9.17, 15) is 9.59 Å². The molecule has 6 heteroatoms. The molecule has 1 N–H and O–H groups in total. The number of nitrogens with zero attached hydrogens (tertiary/aromatic N) is 2. The van der Waals surface area contributed by atoms with Crippen molar-refractivity contribution < 1.29 is 14.3 Å². The van der Waals surface area contributed by atoms with Gasteiger partial charge in [-0.2, -0.15) is 0 Å². The van der Waals surface area contributed by atoms with Gasteiger partial charge >= 0.3 is 0 Å². The van der Waals surface area contributed by atoms with E-state index in [1.54, 1.807) is 12.0 Å². The van der Waals surface area contributed by atoms with Crippen LogP contribution in [0.3, 0.4) is 0 Å². The molecule has 3 heterocycles. The van der Waals surface area contributed by atoms with Crippen molar-refractivity contribution >= 4 is 22.7 Å². The Morgan fingerprint density at radius 2 is 1.70 bits per heavy atom. The lowest BCUT2D eigenvalue weighted by atomic mass is 9.85. The first-order valence-electron chi connectivity index (χ1n) is 12.9. The summed E-state index contributed by atoms with van der Waals surface area (Å²) in [6.45, 7) is 4.81. The van der Waals surface area contributed by atoms with Crippen molar-refractivity contribution in [3.63, 3.8) is 0 Å². The van der Waals surface area contributed by atoms with E-state index in [0.717, 1.165) is 39.0 Å². The van der Waals surface area contributed by atoms with Crippen LogP contribution in [0.5, 0.6) is 5.75 Å². The lowest BCUT2D eigenvalue weighted by molar-refractivity contribution is -0.159. The lowest BCUT2D eigenvalue weighted by Gasteiger charge is -2.47. The van der Waals surface area contributed by atoms with E-state index < -0.39 is 6.04 Å². The molecule has 1 fully saturated rings. The molecule has 0 aliphatic carbocycles. The normalized spacial score (nSPS) is 19.4. The van der Waals surface area contributed by atoms with E-state index in [1.165, 1.54) is 5.56 Å². The summed E-state index contributed by atoms with van der Waals surface area (Å²) >= 11 is 0. The number of carbonyl (C=O) groups is 2. The van der Waals surface area contributed by atoms with Gasteiger partial charge in [-0.3, -0.25) is 9.59 Å². The standard InChI is InChI=1S/C31H31N3O3/c1-19(2)21-10-12-22(13-11-21)30-29-25(24-6-4-5-7-26(24)32-29)16-27-31(36)33(18-28(35)34(27)30)17-20-8-14-23(37-3)15-9-20/h4-15,19,27,30,32H,16-18H2,1-3H3. The second-order valence-electron chi connectivity index (χ2n) is 10.4. The summed E-state index contributed by atoms with van der Waals surface area (Å²) in [5, 5.41) is 1.12. The fraction of sp³-hybridized carbons (Fsp3) is 0.290. The fourth-order valence-electron chi connectivity index (χ4n) is 5.82. The summed E-state index contributed by atoms with van der Waals surface area (Å²) in [6, 6.07) is 23.5. The largest absolute Gasteiger partial charge is 0.497 e. The van der Waals surface area contributed by atoms with Crippen LogP contribution < -0.4 is 4.74 Å². The number of aromatic amines is 1. The molecule has 188 valence electrons. The van der Waals surface area contributed by atoms with E-state index >= 15 is 0 Å². The third kappa shape index (κ3) is 3.97. The van der Waals surface area contributed by atoms with Gasteiger partial charge in [-0.25, -0.2) is 0 Å². The van der Waals surface area contributed by atoms with Crippen LogP contribution in [0.4, 0.5) is 0 Å². The number of benzene rings is 3. The van der Waals surface area contributed by atoms with Gasteiger partial charge in [0.15, 0.2) is 0 Å². The van der Waals surface area contributed by atoms with Crippen molar-refractivity contribution in [1.82, 2.24) is 14.8 Å². The van der Waals surface area contributed by atoms with E-state index in [4.69, 9.17) is 4.74 Å². The van der Waals surface area contributed by atoms with Crippen molar-refractivity contribution in [2.24, 2.45) is 0 Å². The van der Waals surface area contributed by atoms with Crippen molar-refractivity contribution in [1.29, 1.82) is 0 Å². The van der Waals surface area contributed by atoms with Gasteiger partial charge in [0, 0.05) is 29.6 Å². The molecule has 2 aliphatic heterocycles. The van der Waals surface area contributed by atoms with Gasteiger partial charge in [0.2, 0.25) is 11.8 Å². The highest BCUT2D eigenvalue weighted by Crippen LogP contribution is 2.42. The molecule has 2 aliphatic rings. The van der Waals surface area contributed by atoms with Crippen LogP contribution in [0.25, 0.3) is 10.9 Å². The second kappa shape index (κ2) is 9.11. The monoisotopic (exact) mass is 493 g/mol. The van der Waals surface area contributed by atoms with Gasteiger partial charge in [-0.05, 0) is 46.4 Å². The molecule has 0 radical (unpaired) electrons. The zero-order valence-corrected chi connectivity index (χ0v) is 21.4. The third-order valence-corrected chi connectivity index (χ3v) is 7.79. The molecule has 0 spiro atoms. The highest BCUT2D eigenvalue weighted by atomic mass is 16.5. The minimum Gasteiger partial charge on any atom is -0.497 e.